The average Bonchev–Trinajstić information content (AvgIpc) is 3.01. The Balaban J connectivity index is 1.60. The monoisotopic (exact) mass is 303 g/mol. The van der Waals surface area contributed by atoms with Crippen LogP contribution in [0.25, 0.3) is 0 Å². The van der Waals surface area contributed by atoms with E-state index in [1.54, 1.807) is 5.56 Å². The molecular formula is C19H29NO2. The molecule has 122 valence electrons. The van der Waals surface area contributed by atoms with Crippen LogP contribution in [0.15, 0.2) is 12.1 Å². The molecule has 0 atom stereocenters. The summed E-state index contributed by atoms with van der Waals surface area (Å²) in [6, 6.07) is 4.74. The lowest BCUT2D eigenvalue weighted by Gasteiger charge is -2.26. The first kappa shape index (κ1) is 15.8. The van der Waals surface area contributed by atoms with Gasteiger partial charge in [0.15, 0.2) is 0 Å². The van der Waals surface area contributed by atoms with E-state index in [0.717, 1.165) is 51.5 Å². The van der Waals surface area contributed by atoms with E-state index in [2.05, 4.69) is 24.0 Å². The van der Waals surface area contributed by atoms with E-state index in [9.17, 15) is 0 Å². The SMILES string of the molecule is CCCOc1cc2c(cc1CCCN1CCOCC1)CCC2. The van der Waals surface area contributed by atoms with Crippen LogP contribution in [-0.2, 0) is 24.0 Å². The van der Waals surface area contributed by atoms with Gasteiger partial charge in [0.25, 0.3) is 0 Å². The van der Waals surface area contributed by atoms with Crippen LogP contribution < -0.4 is 4.74 Å². The summed E-state index contributed by atoms with van der Waals surface area (Å²) in [5, 5.41) is 0. The van der Waals surface area contributed by atoms with Crippen molar-refractivity contribution in [3.05, 3.63) is 28.8 Å². The van der Waals surface area contributed by atoms with Crippen molar-refractivity contribution >= 4 is 0 Å². The topological polar surface area (TPSA) is 21.7 Å². The highest BCUT2D eigenvalue weighted by Crippen LogP contribution is 2.31. The summed E-state index contributed by atoms with van der Waals surface area (Å²) in [5.74, 6) is 1.14. The molecule has 1 aromatic carbocycles. The predicted molar refractivity (Wildman–Crippen MR) is 89.8 cm³/mol. The van der Waals surface area contributed by atoms with Crippen LogP contribution >= 0.6 is 0 Å². The van der Waals surface area contributed by atoms with Crippen molar-refractivity contribution in [2.45, 2.75) is 45.4 Å². The van der Waals surface area contributed by atoms with Gasteiger partial charge in [0.2, 0.25) is 0 Å². The summed E-state index contributed by atoms with van der Waals surface area (Å²) in [5.41, 5.74) is 4.50. The van der Waals surface area contributed by atoms with Crippen molar-refractivity contribution in [1.82, 2.24) is 4.90 Å². The molecule has 1 aliphatic carbocycles. The first-order valence-electron chi connectivity index (χ1n) is 8.94. The Labute approximate surface area is 134 Å². The third-order valence-corrected chi connectivity index (χ3v) is 4.76. The summed E-state index contributed by atoms with van der Waals surface area (Å²) in [4.78, 5) is 2.52. The van der Waals surface area contributed by atoms with E-state index < -0.39 is 0 Å². The fourth-order valence-electron chi connectivity index (χ4n) is 3.51. The largest absolute Gasteiger partial charge is 0.493 e. The van der Waals surface area contributed by atoms with Crippen molar-refractivity contribution in [2.75, 3.05) is 39.5 Å². The molecule has 0 radical (unpaired) electrons. The fraction of sp³-hybridized carbons (Fsp3) is 0.684. The number of hydrogen-bond donors (Lipinski definition) is 0. The van der Waals surface area contributed by atoms with Crippen molar-refractivity contribution in [3.8, 4) is 5.75 Å². The molecule has 1 aromatic rings. The molecule has 1 heterocycles. The van der Waals surface area contributed by atoms with Crippen LogP contribution in [-0.4, -0.2) is 44.4 Å². The number of hydrogen-bond acceptors (Lipinski definition) is 3. The maximum atomic E-state index is 6.02. The minimum atomic E-state index is 0.829. The normalized spacial score (nSPS) is 18.4. The summed E-state index contributed by atoms with van der Waals surface area (Å²) in [6.45, 7) is 8.13. The van der Waals surface area contributed by atoms with Gasteiger partial charge in [-0.15, -0.1) is 0 Å². The van der Waals surface area contributed by atoms with Gasteiger partial charge in [-0.05, 0) is 67.8 Å². The molecule has 22 heavy (non-hydrogen) atoms. The maximum absolute atomic E-state index is 6.02. The molecule has 0 aromatic heterocycles. The zero-order valence-electron chi connectivity index (χ0n) is 13.9. The molecule has 2 aliphatic rings. The standard InChI is InChI=1S/C19H29NO2/c1-2-11-22-19-15-17-6-3-5-16(17)14-18(19)7-4-8-20-9-12-21-13-10-20/h14-15H,2-13H2,1H3. The van der Waals surface area contributed by atoms with E-state index in [0.29, 0.717) is 0 Å². The Bertz CT molecular complexity index is 481. The molecule has 1 saturated heterocycles. The van der Waals surface area contributed by atoms with Gasteiger partial charge in [-0.3, -0.25) is 4.90 Å². The number of morpholine rings is 1. The molecule has 0 amide bonds. The minimum absolute atomic E-state index is 0.829. The van der Waals surface area contributed by atoms with Crippen molar-refractivity contribution in [3.63, 3.8) is 0 Å². The third-order valence-electron chi connectivity index (χ3n) is 4.76. The summed E-state index contributed by atoms with van der Waals surface area (Å²) >= 11 is 0. The lowest BCUT2D eigenvalue weighted by molar-refractivity contribution is 0.0374. The lowest BCUT2D eigenvalue weighted by atomic mass is 10.0. The highest BCUT2D eigenvalue weighted by atomic mass is 16.5. The highest BCUT2D eigenvalue weighted by molar-refractivity contribution is 5.45. The van der Waals surface area contributed by atoms with Gasteiger partial charge in [0, 0.05) is 13.1 Å². The zero-order valence-corrected chi connectivity index (χ0v) is 13.9. The van der Waals surface area contributed by atoms with Gasteiger partial charge >= 0.3 is 0 Å². The molecular weight excluding hydrogens is 274 g/mol. The van der Waals surface area contributed by atoms with E-state index >= 15 is 0 Å². The Kier molecular flexibility index (Phi) is 5.74. The number of benzene rings is 1. The van der Waals surface area contributed by atoms with Gasteiger partial charge in [0.1, 0.15) is 5.75 Å². The molecule has 0 spiro atoms. The molecule has 0 saturated carbocycles. The Hall–Kier alpha value is -1.06. The van der Waals surface area contributed by atoms with E-state index in [4.69, 9.17) is 9.47 Å². The second-order valence-corrected chi connectivity index (χ2v) is 6.49. The molecule has 3 heteroatoms. The van der Waals surface area contributed by atoms with E-state index in [-0.39, 0.29) is 0 Å². The number of aryl methyl sites for hydroxylation is 3. The van der Waals surface area contributed by atoms with Crippen molar-refractivity contribution in [1.29, 1.82) is 0 Å². The summed E-state index contributed by atoms with van der Waals surface area (Å²) < 4.78 is 11.4. The first-order valence-corrected chi connectivity index (χ1v) is 8.94. The highest BCUT2D eigenvalue weighted by Gasteiger charge is 2.16. The van der Waals surface area contributed by atoms with Crippen molar-refractivity contribution in [2.24, 2.45) is 0 Å². The van der Waals surface area contributed by atoms with E-state index in [1.807, 2.05) is 0 Å². The predicted octanol–water partition coefficient (Wildman–Crippen LogP) is 3.23. The first-order chi connectivity index (χ1) is 10.9. The average molecular weight is 303 g/mol. The van der Waals surface area contributed by atoms with Gasteiger partial charge in [-0.25, -0.2) is 0 Å². The molecule has 0 unspecified atom stereocenters. The minimum Gasteiger partial charge on any atom is -0.493 e. The van der Waals surface area contributed by atoms with Crippen LogP contribution in [0.2, 0.25) is 0 Å². The van der Waals surface area contributed by atoms with Crippen LogP contribution in [0.5, 0.6) is 5.75 Å². The Morgan fingerprint density at radius 2 is 1.91 bits per heavy atom. The third kappa shape index (κ3) is 4.02. The second kappa shape index (κ2) is 7.98. The van der Waals surface area contributed by atoms with Crippen molar-refractivity contribution < 1.29 is 9.47 Å². The maximum Gasteiger partial charge on any atom is 0.122 e. The van der Waals surface area contributed by atoms with Crippen LogP contribution in [0.3, 0.4) is 0 Å². The lowest BCUT2D eigenvalue weighted by Crippen LogP contribution is -2.36. The zero-order chi connectivity index (χ0) is 15.2. The second-order valence-electron chi connectivity index (χ2n) is 6.49. The number of fused-ring (bicyclic) bond motifs is 1. The van der Waals surface area contributed by atoms with Crippen LogP contribution in [0, 0.1) is 0 Å². The molecule has 3 rings (SSSR count). The van der Waals surface area contributed by atoms with Gasteiger partial charge < -0.3 is 9.47 Å². The smallest absolute Gasteiger partial charge is 0.122 e. The summed E-state index contributed by atoms with van der Waals surface area (Å²) in [7, 11) is 0. The van der Waals surface area contributed by atoms with Gasteiger partial charge in [-0.1, -0.05) is 13.0 Å². The molecule has 0 bridgehead atoms. The fourth-order valence-corrected chi connectivity index (χ4v) is 3.51. The Morgan fingerprint density at radius 1 is 1.14 bits per heavy atom. The number of ether oxygens (including phenoxy) is 2. The van der Waals surface area contributed by atoms with Crippen LogP contribution in [0.4, 0.5) is 0 Å². The number of nitrogens with zero attached hydrogens (tertiary/aromatic N) is 1. The Morgan fingerprint density at radius 3 is 2.68 bits per heavy atom. The van der Waals surface area contributed by atoms with Gasteiger partial charge in [0.05, 0.1) is 19.8 Å². The van der Waals surface area contributed by atoms with Crippen LogP contribution in [0.1, 0.15) is 42.9 Å². The molecule has 0 N–H and O–H groups in total. The summed E-state index contributed by atoms with van der Waals surface area (Å²) in [6.07, 6.45) is 7.20. The molecule has 1 aliphatic heterocycles. The number of rotatable bonds is 7. The quantitative estimate of drug-likeness (QED) is 0.772. The molecule has 3 nitrogen and oxygen atoms in total. The molecule has 1 fully saturated rings. The van der Waals surface area contributed by atoms with Gasteiger partial charge in [-0.2, -0.15) is 0 Å². The van der Waals surface area contributed by atoms with E-state index in [1.165, 1.54) is 43.4 Å².